The van der Waals surface area contributed by atoms with Crippen LogP contribution in [0, 0.1) is 17.8 Å². The Morgan fingerprint density at radius 1 is 0.279 bits per heavy atom. The van der Waals surface area contributed by atoms with Crippen LogP contribution in [0.2, 0.25) is 0 Å². The first-order valence-electron chi connectivity index (χ1n) is 43.9. The molecule has 0 fully saturated rings. The third kappa shape index (κ3) is 75.5. The Morgan fingerprint density at radius 2 is 0.490 bits per heavy atom. The number of carbonyl (C=O) groups is 4. The summed E-state index contributed by atoms with van der Waals surface area (Å²) in [4.78, 5) is 73.2. The number of rotatable bonds is 83. The van der Waals surface area contributed by atoms with Gasteiger partial charge in [0.05, 0.1) is 26.4 Å². The minimum atomic E-state index is -4.97. The maximum atomic E-state index is 13.1. The van der Waals surface area contributed by atoms with Crippen molar-refractivity contribution >= 4 is 39.5 Å². The molecule has 0 aromatic rings. The maximum Gasteiger partial charge on any atom is 0.472 e. The van der Waals surface area contributed by atoms with Crippen molar-refractivity contribution < 1.29 is 80.2 Å². The van der Waals surface area contributed by atoms with Crippen LogP contribution in [0.5, 0.6) is 0 Å². The lowest BCUT2D eigenvalue weighted by molar-refractivity contribution is -0.161. The molecule has 0 rings (SSSR count). The summed E-state index contributed by atoms with van der Waals surface area (Å²) >= 11 is 0. The monoisotopic (exact) mass is 1520 g/mol. The van der Waals surface area contributed by atoms with Crippen molar-refractivity contribution in [2.75, 3.05) is 39.6 Å². The third-order valence-electron chi connectivity index (χ3n) is 20.6. The van der Waals surface area contributed by atoms with Crippen LogP contribution < -0.4 is 0 Å². The number of esters is 4. The van der Waals surface area contributed by atoms with Gasteiger partial charge in [0.2, 0.25) is 0 Å². The summed E-state index contributed by atoms with van der Waals surface area (Å²) in [6, 6.07) is 0. The average Bonchev–Trinajstić information content (AvgIpc) is 0.903. The predicted octanol–water partition coefficient (Wildman–Crippen LogP) is 25.7. The average molecular weight is 1520 g/mol. The Bertz CT molecular complexity index is 2010. The third-order valence-corrected chi connectivity index (χ3v) is 22.5. The van der Waals surface area contributed by atoms with Gasteiger partial charge >= 0.3 is 39.5 Å². The van der Waals surface area contributed by atoms with Gasteiger partial charge in [-0.2, -0.15) is 0 Å². The topological polar surface area (TPSA) is 237 Å². The van der Waals surface area contributed by atoms with Gasteiger partial charge in [0, 0.05) is 25.7 Å². The Labute approximate surface area is 638 Å². The highest BCUT2D eigenvalue weighted by Crippen LogP contribution is 2.45. The second-order valence-electron chi connectivity index (χ2n) is 31.5. The van der Waals surface area contributed by atoms with Crippen LogP contribution in [-0.2, 0) is 65.4 Å². The van der Waals surface area contributed by atoms with Crippen LogP contribution >= 0.6 is 15.6 Å². The second kappa shape index (κ2) is 75.1. The van der Waals surface area contributed by atoms with E-state index >= 15 is 0 Å². The van der Waals surface area contributed by atoms with E-state index in [1.54, 1.807) is 0 Å². The van der Waals surface area contributed by atoms with E-state index in [0.29, 0.717) is 25.7 Å². The smallest absolute Gasteiger partial charge is 0.462 e. The number of aliphatic hydroxyl groups excluding tert-OH is 1. The summed E-state index contributed by atoms with van der Waals surface area (Å²) in [5, 5.41) is 10.7. The second-order valence-corrected chi connectivity index (χ2v) is 34.4. The van der Waals surface area contributed by atoms with Gasteiger partial charge in [-0.1, -0.05) is 395 Å². The van der Waals surface area contributed by atoms with Crippen LogP contribution in [0.25, 0.3) is 0 Å². The van der Waals surface area contributed by atoms with Crippen molar-refractivity contribution in [1.82, 2.24) is 0 Å². The Morgan fingerprint density at radius 3 is 0.731 bits per heavy atom. The number of hydrogen-bond acceptors (Lipinski definition) is 15. The lowest BCUT2D eigenvalue weighted by Gasteiger charge is -2.21. The fourth-order valence-electron chi connectivity index (χ4n) is 13.1. The first-order valence-corrected chi connectivity index (χ1v) is 46.9. The standard InChI is InChI=1S/C85H166O17P2/c1-8-11-12-13-14-15-16-17-27-33-38-47-54-61-68-84(89)102-81(73-96-83(88)67-60-53-46-41-40-44-51-58-65-78(7)10-3)75-100-104(93,94)98-71-79(86)70-97-103(91,92)99-74-80(72-95-82(87)66-59-52-45-37-32-29-24-25-30-35-42-49-56-63-76(4)5)101-85(90)69-62-55-48-39-34-28-23-21-19-18-20-22-26-31-36-43-50-57-64-77(6)9-2/h76-81,86H,8-75H2,1-7H3,(H,91,92)(H,93,94)/t77?,78?,79-,80-,81-/m1/s1. The predicted molar refractivity (Wildman–Crippen MR) is 428 cm³/mol. The molecule has 0 amide bonds. The van der Waals surface area contributed by atoms with Crippen molar-refractivity contribution in [3.8, 4) is 0 Å². The molecule has 104 heavy (non-hydrogen) atoms. The van der Waals surface area contributed by atoms with E-state index in [2.05, 4.69) is 48.5 Å². The van der Waals surface area contributed by atoms with Crippen LogP contribution in [0.15, 0.2) is 0 Å². The van der Waals surface area contributed by atoms with Crippen molar-refractivity contribution in [3.05, 3.63) is 0 Å². The molecule has 4 unspecified atom stereocenters. The molecule has 0 aliphatic rings. The summed E-state index contributed by atoms with van der Waals surface area (Å²) in [6.07, 6.45) is 65.1. The van der Waals surface area contributed by atoms with Gasteiger partial charge < -0.3 is 33.8 Å². The van der Waals surface area contributed by atoms with Crippen LogP contribution in [-0.4, -0.2) is 96.7 Å². The number of ether oxygens (including phenoxy) is 4. The van der Waals surface area contributed by atoms with Crippen molar-refractivity contribution in [2.45, 2.75) is 465 Å². The number of phosphoric ester groups is 2. The molecular weight excluding hydrogens is 1350 g/mol. The molecule has 0 aromatic carbocycles. The molecule has 0 radical (unpaired) electrons. The molecule has 618 valence electrons. The Hall–Kier alpha value is -1.94. The molecule has 17 nitrogen and oxygen atoms in total. The fourth-order valence-corrected chi connectivity index (χ4v) is 14.7. The molecule has 0 aromatic heterocycles. The maximum absolute atomic E-state index is 13.1. The lowest BCUT2D eigenvalue weighted by Crippen LogP contribution is -2.30. The molecule has 0 aliphatic heterocycles. The summed E-state index contributed by atoms with van der Waals surface area (Å²) < 4.78 is 68.9. The van der Waals surface area contributed by atoms with E-state index in [1.807, 2.05) is 0 Å². The molecule has 0 heterocycles. The van der Waals surface area contributed by atoms with E-state index < -0.39 is 97.5 Å². The van der Waals surface area contributed by atoms with E-state index in [0.717, 1.165) is 108 Å². The van der Waals surface area contributed by atoms with Crippen LogP contribution in [0.1, 0.15) is 447 Å². The molecule has 0 saturated carbocycles. The zero-order valence-electron chi connectivity index (χ0n) is 68.5. The van der Waals surface area contributed by atoms with E-state index in [4.69, 9.17) is 37.0 Å². The van der Waals surface area contributed by atoms with Gasteiger partial charge in [0.25, 0.3) is 0 Å². The highest BCUT2D eigenvalue weighted by molar-refractivity contribution is 7.47. The van der Waals surface area contributed by atoms with Gasteiger partial charge in [-0.3, -0.25) is 37.3 Å². The molecular formula is C85H166O17P2. The van der Waals surface area contributed by atoms with Gasteiger partial charge in [-0.25, -0.2) is 9.13 Å². The first kappa shape index (κ1) is 102. The number of carbonyl (C=O) groups excluding carboxylic acids is 4. The first-order chi connectivity index (χ1) is 50.3. The Kier molecular flexibility index (Phi) is 73.7. The zero-order valence-corrected chi connectivity index (χ0v) is 70.3. The molecule has 0 saturated heterocycles. The number of hydrogen-bond donors (Lipinski definition) is 3. The van der Waals surface area contributed by atoms with Crippen molar-refractivity contribution in [3.63, 3.8) is 0 Å². The lowest BCUT2D eigenvalue weighted by atomic mass is 9.99. The van der Waals surface area contributed by atoms with Gasteiger partial charge in [-0.15, -0.1) is 0 Å². The SMILES string of the molecule is CCCCCCCCCCCCCCCCC(=O)O[C@H](COC(=O)CCCCCCCCCCC(C)CC)COP(=O)(O)OC[C@H](O)COP(=O)(O)OC[C@@H](COC(=O)CCCCCCCCCCCCCCCC(C)C)OC(=O)CCCCCCCCCCCCCCCCCCCCC(C)CC. The molecule has 0 spiro atoms. The largest absolute Gasteiger partial charge is 0.472 e. The molecule has 7 atom stereocenters. The fraction of sp³-hybridized carbons (Fsp3) is 0.953. The molecule has 0 aliphatic carbocycles. The van der Waals surface area contributed by atoms with Gasteiger partial charge in [0.15, 0.2) is 12.2 Å². The molecule has 0 bridgehead atoms. The summed E-state index contributed by atoms with van der Waals surface area (Å²) in [6.45, 7) is 12.1. The highest BCUT2D eigenvalue weighted by atomic mass is 31.2. The Balaban J connectivity index is 5.24. The van der Waals surface area contributed by atoms with Crippen LogP contribution in [0.3, 0.4) is 0 Å². The quantitative estimate of drug-likeness (QED) is 0.0222. The van der Waals surface area contributed by atoms with Crippen molar-refractivity contribution in [1.29, 1.82) is 0 Å². The number of unbranched alkanes of at least 4 members (excludes halogenated alkanes) is 49. The molecule has 19 heteroatoms. The van der Waals surface area contributed by atoms with Crippen molar-refractivity contribution in [2.24, 2.45) is 17.8 Å². The highest BCUT2D eigenvalue weighted by Gasteiger charge is 2.30. The normalized spacial score (nSPS) is 14.4. The van der Waals surface area contributed by atoms with Crippen LogP contribution in [0.4, 0.5) is 0 Å². The summed E-state index contributed by atoms with van der Waals surface area (Å²) in [7, 11) is -9.93. The van der Waals surface area contributed by atoms with Gasteiger partial charge in [-0.05, 0) is 43.4 Å². The summed E-state index contributed by atoms with van der Waals surface area (Å²) in [5.41, 5.74) is 0. The zero-order chi connectivity index (χ0) is 76.5. The minimum absolute atomic E-state index is 0.107. The number of aliphatic hydroxyl groups is 1. The summed E-state index contributed by atoms with van der Waals surface area (Å²) in [5.74, 6) is 0.335. The van der Waals surface area contributed by atoms with Gasteiger partial charge in [0.1, 0.15) is 19.3 Å². The number of phosphoric acid groups is 2. The minimum Gasteiger partial charge on any atom is -0.462 e. The van der Waals surface area contributed by atoms with E-state index in [-0.39, 0.29) is 25.7 Å². The van der Waals surface area contributed by atoms with E-state index in [1.165, 1.54) is 257 Å². The molecule has 3 N–H and O–H groups in total. The van der Waals surface area contributed by atoms with E-state index in [9.17, 15) is 43.2 Å².